The average molecular weight is 195 g/mol. The summed E-state index contributed by atoms with van der Waals surface area (Å²) in [4.78, 5) is 0. The number of benzene rings is 1. The Hall–Kier alpha value is -0.890. The molecule has 0 saturated heterocycles. The molecule has 0 radical (unpaired) electrons. The number of halogens is 1. The molecule has 1 rings (SSSR count). The van der Waals surface area contributed by atoms with Crippen molar-refractivity contribution in [3.63, 3.8) is 0 Å². The summed E-state index contributed by atoms with van der Waals surface area (Å²) in [6.07, 6.45) is 0.891. The SMILES string of the molecule is Cc1ccc(C(C)CC(C)N)cc1F. The van der Waals surface area contributed by atoms with E-state index in [4.69, 9.17) is 5.73 Å². The molecule has 0 saturated carbocycles. The quantitative estimate of drug-likeness (QED) is 0.788. The van der Waals surface area contributed by atoms with Gasteiger partial charge in [-0.2, -0.15) is 0 Å². The summed E-state index contributed by atoms with van der Waals surface area (Å²) in [5.41, 5.74) is 7.43. The normalized spacial score (nSPS) is 15.2. The zero-order chi connectivity index (χ0) is 10.7. The maximum atomic E-state index is 13.2. The summed E-state index contributed by atoms with van der Waals surface area (Å²) in [6, 6.07) is 5.57. The summed E-state index contributed by atoms with van der Waals surface area (Å²) < 4.78 is 13.2. The zero-order valence-corrected chi connectivity index (χ0v) is 9.05. The Kier molecular flexibility index (Phi) is 3.64. The third-order valence-corrected chi connectivity index (χ3v) is 2.49. The lowest BCUT2D eigenvalue weighted by Crippen LogP contribution is -2.17. The third-order valence-electron chi connectivity index (χ3n) is 2.49. The van der Waals surface area contributed by atoms with Gasteiger partial charge >= 0.3 is 0 Å². The fourth-order valence-corrected chi connectivity index (χ4v) is 1.61. The summed E-state index contributed by atoms with van der Waals surface area (Å²) in [5.74, 6) is 0.198. The molecule has 14 heavy (non-hydrogen) atoms. The van der Waals surface area contributed by atoms with Crippen LogP contribution in [0.3, 0.4) is 0 Å². The van der Waals surface area contributed by atoms with Gasteiger partial charge in [-0.05, 0) is 43.4 Å². The highest BCUT2D eigenvalue weighted by Crippen LogP contribution is 2.21. The minimum absolute atomic E-state index is 0.126. The van der Waals surface area contributed by atoms with E-state index < -0.39 is 0 Å². The van der Waals surface area contributed by atoms with E-state index in [9.17, 15) is 4.39 Å². The fourth-order valence-electron chi connectivity index (χ4n) is 1.61. The molecule has 0 bridgehead atoms. The van der Waals surface area contributed by atoms with Gasteiger partial charge in [-0.1, -0.05) is 19.1 Å². The lowest BCUT2D eigenvalue weighted by atomic mass is 9.94. The van der Waals surface area contributed by atoms with E-state index >= 15 is 0 Å². The summed E-state index contributed by atoms with van der Waals surface area (Å²) in [5, 5.41) is 0. The molecule has 0 heterocycles. The van der Waals surface area contributed by atoms with Crippen molar-refractivity contribution in [3.05, 3.63) is 35.1 Å². The van der Waals surface area contributed by atoms with E-state index in [0.29, 0.717) is 11.5 Å². The predicted octanol–water partition coefficient (Wildman–Crippen LogP) is 2.97. The van der Waals surface area contributed by atoms with Gasteiger partial charge in [0.1, 0.15) is 5.82 Å². The maximum absolute atomic E-state index is 13.2. The molecule has 0 spiro atoms. The summed E-state index contributed by atoms with van der Waals surface area (Å²) in [6.45, 7) is 5.82. The number of nitrogens with two attached hydrogens (primary N) is 1. The van der Waals surface area contributed by atoms with Crippen molar-refractivity contribution < 1.29 is 4.39 Å². The zero-order valence-electron chi connectivity index (χ0n) is 9.05. The van der Waals surface area contributed by atoms with Crippen LogP contribution < -0.4 is 5.73 Å². The van der Waals surface area contributed by atoms with Crippen molar-refractivity contribution in [2.45, 2.75) is 39.2 Å². The van der Waals surface area contributed by atoms with Crippen molar-refractivity contribution in [3.8, 4) is 0 Å². The minimum atomic E-state index is -0.126. The third kappa shape index (κ3) is 2.81. The molecule has 0 aliphatic rings. The lowest BCUT2D eigenvalue weighted by molar-refractivity contribution is 0.574. The van der Waals surface area contributed by atoms with Crippen LogP contribution in [-0.2, 0) is 0 Å². The van der Waals surface area contributed by atoms with Crippen LogP contribution in [0.25, 0.3) is 0 Å². The van der Waals surface area contributed by atoms with Crippen LogP contribution in [0.5, 0.6) is 0 Å². The number of aryl methyl sites for hydroxylation is 1. The highest BCUT2D eigenvalue weighted by atomic mass is 19.1. The van der Waals surface area contributed by atoms with Crippen molar-refractivity contribution in [2.24, 2.45) is 5.73 Å². The maximum Gasteiger partial charge on any atom is 0.126 e. The largest absolute Gasteiger partial charge is 0.328 e. The van der Waals surface area contributed by atoms with Gasteiger partial charge in [0.15, 0.2) is 0 Å². The highest BCUT2D eigenvalue weighted by Gasteiger charge is 2.09. The standard InChI is InChI=1S/C12H18FN/c1-8-4-5-11(7-12(8)13)9(2)6-10(3)14/h4-5,7,9-10H,6,14H2,1-3H3. The highest BCUT2D eigenvalue weighted by molar-refractivity contribution is 5.25. The van der Waals surface area contributed by atoms with Crippen molar-refractivity contribution in [1.82, 2.24) is 0 Å². The molecule has 1 nitrogen and oxygen atoms in total. The second kappa shape index (κ2) is 4.56. The molecular formula is C12H18FN. The number of hydrogen-bond acceptors (Lipinski definition) is 1. The predicted molar refractivity (Wildman–Crippen MR) is 57.8 cm³/mol. The van der Waals surface area contributed by atoms with Gasteiger partial charge in [0, 0.05) is 6.04 Å². The molecule has 2 heteroatoms. The first kappa shape index (κ1) is 11.2. The number of hydrogen-bond donors (Lipinski definition) is 1. The lowest BCUT2D eigenvalue weighted by Gasteiger charge is -2.14. The van der Waals surface area contributed by atoms with E-state index in [2.05, 4.69) is 6.92 Å². The summed E-state index contributed by atoms with van der Waals surface area (Å²) in [7, 11) is 0. The van der Waals surface area contributed by atoms with E-state index in [-0.39, 0.29) is 11.9 Å². The van der Waals surface area contributed by atoms with Gasteiger partial charge in [0.2, 0.25) is 0 Å². The first-order valence-electron chi connectivity index (χ1n) is 5.02. The van der Waals surface area contributed by atoms with E-state index in [1.807, 2.05) is 19.1 Å². The molecule has 0 amide bonds. The second-order valence-corrected chi connectivity index (χ2v) is 4.12. The first-order chi connectivity index (χ1) is 6.50. The Morgan fingerprint density at radius 2 is 2.00 bits per heavy atom. The topological polar surface area (TPSA) is 26.0 Å². The molecule has 0 aliphatic heterocycles. The van der Waals surface area contributed by atoms with Crippen LogP contribution in [0, 0.1) is 12.7 Å². The fraction of sp³-hybridized carbons (Fsp3) is 0.500. The van der Waals surface area contributed by atoms with Crippen LogP contribution in [0.1, 0.15) is 37.3 Å². The Bertz CT molecular complexity index is 307. The van der Waals surface area contributed by atoms with E-state index in [0.717, 1.165) is 12.0 Å². The molecule has 1 aromatic carbocycles. The van der Waals surface area contributed by atoms with Gasteiger partial charge in [0.05, 0.1) is 0 Å². The van der Waals surface area contributed by atoms with E-state index in [1.54, 1.807) is 13.0 Å². The van der Waals surface area contributed by atoms with Gasteiger partial charge in [-0.15, -0.1) is 0 Å². The van der Waals surface area contributed by atoms with Crippen LogP contribution in [0.15, 0.2) is 18.2 Å². The Morgan fingerprint density at radius 1 is 1.36 bits per heavy atom. The molecule has 2 unspecified atom stereocenters. The van der Waals surface area contributed by atoms with Crippen molar-refractivity contribution in [1.29, 1.82) is 0 Å². The molecule has 0 aliphatic carbocycles. The smallest absolute Gasteiger partial charge is 0.126 e. The molecule has 2 atom stereocenters. The van der Waals surface area contributed by atoms with Crippen LogP contribution in [0.2, 0.25) is 0 Å². The molecule has 1 aromatic rings. The van der Waals surface area contributed by atoms with Gasteiger partial charge in [-0.25, -0.2) is 4.39 Å². The van der Waals surface area contributed by atoms with Gasteiger partial charge in [-0.3, -0.25) is 0 Å². The Morgan fingerprint density at radius 3 is 2.50 bits per heavy atom. The molecule has 0 aromatic heterocycles. The summed E-state index contributed by atoms with van der Waals surface area (Å²) >= 11 is 0. The van der Waals surface area contributed by atoms with Gasteiger partial charge < -0.3 is 5.73 Å². The van der Waals surface area contributed by atoms with Gasteiger partial charge in [0.25, 0.3) is 0 Å². The molecule has 78 valence electrons. The van der Waals surface area contributed by atoms with Crippen molar-refractivity contribution >= 4 is 0 Å². The van der Waals surface area contributed by atoms with E-state index in [1.165, 1.54) is 0 Å². The molecule has 2 N–H and O–H groups in total. The van der Waals surface area contributed by atoms with Crippen LogP contribution in [-0.4, -0.2) is 6.04 Å². The Labute approximate surface area is 85.1 Å². The Balaban J connectivity index is 2.80. The molecular weight excluding hydrogens is 177 g/mol. The monoisotopic (exact) mass is 195 g/mol. The first-order valence-corrected chi connectivity index (χ1v) is 5.02. The van der Waals surface area contributed by atoms with Crippen molar-refractivity contribution in [2.75, 3.05) is 0 Å². The minimum Gasteiger partial charge on any atom is -0.328 e. The van der Waals surface area contributed by atoms with Crippen LogP contribution >= 0.6 is 0 Å². The number of rotatable bonds is 3. The van der Waals surface area contributed by atoms with Crippen LogP contribution in [0.4, 0.5) is 4.39 Å². The average Bonchev–Trinajstić information content (AvgIpc) is 2.08. The second-order valence-electron chi connectivity index (χ2n) is 4.12. The molecule has 0 fully saturated rings.